The number of aliphatic carboxylic acids is 1. The monoisotopic (exact) mass is 288 g/mol. The third-order valence-corrected chi connectivity index (χ3v) is 2.54. The van der Waals surface area contributed by atoms with E-state index < -0.39 is 18.7 Å². The molecule has 20 heavy (non-hydrogen) atoms. The number of carboxylic acids is 1. The molecule has 0 fully saturated rings. The highest BCUT2D eigenvalue weighted by molar-refractivity contribution is 5.85. The Morgan fingerprint density at radius 2 is 2.15 bits per heavy atom. The van der Waals surface area contributed by atoms with Crippen LogP contribution in [-0.4, -0.2) is 35.3 Å². The van der Waals surface area contributed by atoms with Crippen LogP contribution in [0.1, 0.15) is 18.1 Å². The molecule has 0 bridgehead atoms. The molecular formula is C13H15F3N2O2. The Labute approximate surface area is 114 Å². The molecule has 0 saturated heterocycles. The van der Waals surface area contributed by atoms with Gasteiger partial charge in [0.1, 0.15) is 12.4 Å². The van der Waals surface area contributed by atoms with Crippen LogP contribution in [0.15, 0.2) is 18.3 Å². The molecule has 1 heterocycles. The molecule has 1 aromatic heterocycles. The first kappa shape index (κ1) is 16.0. The summed E-state index contributed by atoms with van der Waals surface area (Å²) in [4.78, 5) is 15.5. The van der Waals surface area contributed by atoms with E-state index in [4.69, 9.17) is 5.11 Å². The van der Waals surface area contributed by atoms with Gasteiger partial charge in [0.15, 0.2) is 0 Å². The molecule has 0 spiro atoms. The van der Waals surface area contributed by atoms with Crippen LogP contribution in [0.4, 0.5) is 19.0 Å². The van der Waals surface area contributed by atoms with Crippen LogP contribution in [0.25, 0.3) is 6.08 Å². The summed E-state index contributed by atoms with van der Waals surface area (Å²) in [5.74, 6) is -0.851. The maximum atomic E-state index is 12.5. The second-order valence-electron chi connectivity index (χ2n) is 4.21. The summed E-state index contributed by atoms with van der Waals surface area (Å²) in [6.07, 6.45) is -0.664. The molecule has 0 unspecified atom stereocenters. The lowest BCUT2D eigenvalue weighted by atomic mass is 10.2. The van der Waals surface area contributed by atoms with Gasteiger partial charge >= 0.3 is 12.1 Å². The van der Waals surface area contributed by atoms with Gasteiger partial charge in [0, 0.05) is 18.8 Å². The lowest BCUT2D eigenvalue weighted by molar-refractivity contribution is -0.131. The van der Waals surface area contributed by atoms with E-state index in [1.54, 1.807) is 19.9 Å². The minimum atomic E-state index is -4.30. The van der Waals surface area contributed by atoms with Gasteiger partial charge < -0.3 is 10.0 Å². The number of nitrogens with zero attached hydrogens (tertiary/aromatic N) is 2. The van der Waals surface area contributed by atoms with Gasteiger partial charge in [-0.2, -0.15) is 13.2 Å². The first-order valence-electron chi connectivity index (χ1n) is 5.92. The molecule has 0 amide bonds. The van der Waals surface area contributed by atoms with Gasteiger partial charge in [-0.25, -0.2) is 9.78 Å². The Balaban J connectivity index is 2.99. The Morgan fingerprint density at radius 3 is 2.60 bits per heavy atom. The molecule has 0 saturated carbocycles. The summed E-state index contributed by atoms with van der Waals surface area (Å²) in [5.41, 5.74) is 1.08. The second-order valence-corrected chi connectivity index (χ2v) is 4.21. The van der Waals surface area contributed by atoms with Gasteiger partial charge in [0.05, 0.1) is 0 Å². The van der Waals surface area contributed by atoms with Gasteiger partial charge in [-0.3, -0.25) is 0 Å². The van der Waals surface area contributed by atoms with Gasteiger partial charge in [0.2, 0.25) is 0 Å². The largest absolute Gasteiger partial charge is 0.478 e. The van der Waals surface area contributed by atoms with Gasteiger partial charge in [-0.15, -0.1) is 0 Å². The fourth-order valence-corrected chi connectivity index (χ4v) is 1.73. The predicted octanol–water partition coefficient (Wildman–Crippen LogP) is 2.88. The number of hydrogen-bond donors (Lipinski definition) is 1. The fourth-order valence-electron chi connectivity index (χ4n) is 1.73. The average Bonchev–Trinajstić information content (AvgIpc) is 2.33. The number of alkyl halides is 3. The molecule has 7 heteroatoms. The van der Waals surface area contributed by atoms with Gasteiger partial charge in [-0.05, 0) is 37.1 Å². The number of hydrogen-bond acceptors (Lipinski definition) is 3. The number of carboxylic acid groups (broad SMARTS) is 1. The lowest BCUT2D eigenvalue weighted by Gasteiger charge is -2.24. The molecule has 1 N–H and O–H groups in total. The SMILES string of the molecule is CCN(CC(F)(F)F)c1ncc(/C=C/C(=O)O)cc1C. The molecule has 0 aliphatic heterocycles. The normalized spacial score (nSPS) is 11.8. The molecule has 0 aliphatic rings. The first-order valence-corrected chi connectivity index (χ1v) is 5.92. The summed E-state index contributed by atoms with van der Waals surface area (Å²) in [6, 6.07) is 1.60. The highest BCUT2D eigenvalue weighted by Gasteiger charge is 2.31. The summed E-state index contributed by atoms with van der Waals surface area (Å²) < 4.78 is 37.4. The summed E-state index contributed by atoms with van der Waals surface area (Å²) >= 11 is 0. The number of aryl methyl sites for hydroxylation is 1. The highest BCUT2D eigenvalue weighted by atomic mass is 19.4. The summed E-state index contributed by atoms with van der Waals surface area (Å²) in [6.45, 7) is 2.36. The minimum Gasteiger partial charge on any atom is -0.478 e. The second kappa shape index (κ2) is 6.40. The Hall–Kier alpha value is -2.05. The van der Waals surface area contributed by atoms with Crippen LogP contribution in [-0.2, 0) is 4.79 Å². The van der Waals surface area contributed by atoms with Crippen molar-refractivity contribution in [1.82, 2.24) is 4.98 Å². The van der Waals surface area contributed by atoms with E-state index in [9.17, 15) is 18.0 Å². The fraction of sp³-hybridized carbons (Fsp3) is 0.385. The topological polar surface area (TPSA) is 53.4 Å². The molecule has 1 rings (SSSR count). The van der Waals surface area contributed by atoms with E-state index in [1.807, 2.05) is 0 Å². The zero-order valence-electron chi connectivity index (χ0n) is 11.1. The average molecular weight is 288 g/mol. The maximum Gasteiger partial charge on any atom is 0.405 e. The van der Waals surface area contributed by atoms with E-state index in [1.165, 1.54) is 12.3 Å². The Kier molecular flexibility index (Phi) is 5.12. The van der Waals surface area contributed by atoms with E-state index in [0.717, 1.165) is 11.0 Å². The van der Waals surface area contributed by atoms with Crippen molar-refractivity contribution >= 4 is 17.9 Å². The van der Waals surface area contributed by atoms with Gasteiger partial charge in [0.25, 0.3) is 0 Å². The van der Waals surface area contributed by atoms with Crippen LogP contribution < -0.4 is 4.90 Å². The number of rotatable bonds is 5. The molecule has 1 aromatic rings. The molecular weight excluding hydrogens is 273 g/mol. The molecule has 0 atom stereocenters. The van der Waals surface area contributed by atoms with Crippen molar-refractivity contribution in [2.45, 2.75) is 20.0 Å². The number of anilines is 1. The predicted molar refractivity (Wildman–Crippen MR) is 69.6 cm³/mol. The minimum absolute atomic E-state index is 0.178. The lowest BCUT2D eigenvalue weighted by Crippen LogP contribution is -2.35. The van der Waals surface area contributed by atoms with Crippen LogP contribution in [0, 0.1) is 6.92 Å². The molecule has 0 aliphatic carbocycles. The summed E-state index contributed by atoms with van der Waals surface area (Å²) in [7, 11) is 0. The van der Waals surface area contributed by atoms with Gasteiger partial charge in [-0.1, -0.05) is 0 Å². The van der Waals surface area contributed by atoms with Crippen molar-refractivity contribution in [3.8, 4) is 0 Å². The van der Waals surface area contributed by atoms with E-state index in [0.29, 0.717) is 11.1 Å². The molecule has 0 radical (unpaired) electrons. The third kappa shape index (κ3) is 4.91. The van der Waals surface area contributed by atoms with Crippen molar-refractivity contribution < 1.29 is 23.1 Å². The third-order valence-electron chi connectivity index (χ3n) is 2.54. The van der Waals surface area contributed by atoms with E-state index in [-0.39, 0.29) is 12.4 Å². The quantitative estimate of drug-likeness (QED) is 0.846. The van der Waals surface area contributed by atoms with E-state index >= 15 is 0 Å². The van der Waals surface area contributed by atoms with Crippen LogP contribution >= 0.6 is 0 Å². The number of aromatic nitrogens is 1. The van der Waals surface area contributed by atoms with Crippen molar-refractivity contribution in [1.29, 1.82) is 0 Å². The Morgan fingerprint density at radius 1 is 1.50 bits per heavy atom. The van der Waals surface area contributed by atoms with Crippen molar-refractivity contribution in [3.05, 3.63) is 29.5 Å². The molecule has 0 aromatic carbocycles. The van der Waals surface area contributed by atoms with Crippen molar-refractivity contribution in [2.24, 2.45) is 0 Å². The number of halogens is 3. The van der Waals surface area contributed by atoms with E-state index in [2.05, 4.69) is 4.98 Å². The van der Waals surface area contributed by atoms with Crippen LogP contribution in [0.2, 0.25) is 0 Å². The zero-order chi connectivity index (χ0) is 15.3. The smallest absolute Gasteiger partial charge is 0.405 e. The Bertz CT molecular complexity index is 513. The highest BCUT2D eigenvalue weighted by Crippen LogP contribution is 2.23. The van der Waals surface area contributed by atoms with Crippen molar-refractivity contribution in [2.75, 3.05) is 18.0 Å². The van der Waals surface area contributed by atoms with Crippen LogP contribution in [0.3, 0.4) is 0 Å². The van der Waals surface area contributed by atoms with Crippen molar-refractivity contribution in [3.63, 3.8) is 0 Å². The maximum absolute atomic E-state index is 12.5. The first-order chi connectivity index (χ1) is 9.23. The number of carbonyl (C=O) groups is 1. The summed E-state index contributed by atoms with van der Waals surface area (Å²) in [5, 5.41) is 8.51. The van der Waals surface area contributed by atoms with Crippen LogP contribution in [0.5, 0.6) is 0 Å². The molecule has 4 nitrogen and oxygen atoms in total. The standard InChI is InChI=1S/C13H15F3N2O2/c1-3-18(8-13(14,15)16)12-9(2)6-10(7-17-12)4-5-11(19)20/h4-7H,3,8H2,1-2H3,(H,19,20)/b5-4+. The molecule has 110 valence electrons. The zero-order valence-corrected chi connectivity index (χ0v) is 11.1. The number of pyridine rings is 1.